The molecular weight excluding hydrogens is 347 g/mol. The molecule has 2 aromatic carbocycles. The minimum Gasteiger partial charge on any atom is -0.342 e. The van der Waals surface area contributed by atoms with Gasteiger partial charge in [-0.05, 0) is 30.3 Å². The number of para-hydroxylation sites is 2. The molecule has 0 radical (unpaired) electrons. The van der Waals surface area contributed by atoms with Crippen molar-refractivity contribution in [3.8, 4) is 0 Å². The Morgan fingerprint density at radius 3 is 2.71 bits per heavy atom. The average molecular weight is 361 g/mol. The predicted octanol–water partition coefficient (Wildman–Crippen LogP) is 4.50. The molecule has 2 amide bonds. The number of carbonyl (C=O) groups excluding carboxylic acids is 1. The van der Waals surface area contributed by atoms with Crippen LogP contribution in [0, 0.1) is 0 Å². The zero-order valence-electron chi connectivity index (χ0n) is 12.6. The van der Waals surface area contributed by atoms with Gasteiger partial charge in [-0.3, -0.25) is 0 Å². The predicted molar refractivity (Wildman–Crippen MR) is 95.9 cm³/mol. The Hall–Kier alpha value is -2.24. The number of carbonyl (C=O) groups is 1. The molecule has 122 valence electrons. The fourth-order valence-corrected chi connectivity index (χ4v) is 3.06. The van der Waals surface area contributed by atoms with Crippen molar-refractivity contribution in [2.75, 3.05) is 18.4 Å². The zero-order chi connectivity index (χ0) is 16.7. The van der Waals surface area contributed by atoms with Crippen LogP contribution in [0.3, 0.4) is 0 Å². The van der Waals surface area contributed by atoms with Crippen LogP contribution >= 0.6 is 23.2 Å². The molecule has 0 unspecified atom stereocenters. The second kappa shape index (κ2) is 6.00. The number of anilines is 1. The van der Waals surface area contributed by atoms with Gasteiger partial charge in [0.2, 0.25) is 0 Å². The Bertz CT molecular complexity index is 885. The summed E-state index contributed by atoms with van der Waals surface area (Å²) in [4.78, 5) is 21.9. The van der Waals surface area contributed by atoms with Gasteiger partial charge < -0.3 is 15.2 Å². The van der Waals surface area contributed by atoms with E-state index >= 15 is 0 Å². The van der Waals surface area contributed by atoms with Crippen molar-refractivity contribution in [2.45, 2.75) is 5.92 Å². The maximum absolute atomic E-state index is 12.2. The number of amides is 2. The number of halogens is 2. The van der Waals surface area contributed by atoms with Crippen LogP contribution in [0.1, 0.15) is 11.7 Å². The van der Waals surface area contributed by atoms with E-state index in [2.05, 4.69) is 15.3 Å². The zero-order valence-corrected chi connectivity index (χ0v) is 14.1. The summed E-state index contributed by atoms with van der Waals surface area (Å²) in [7, 11) is 0. The van der Waals surface area contributed by atoms with E-state index in [9.17, 15) is 4.79 Å². The first-order chi connectivity index (χ1) is 11.6. The van der Waals surface area contributed by atoms with Gasteiger partial charge in [-0.1, -0.05) is 35.3 Å². The van der Waals surface area contributed by atoms with Crippen LogP contribution in [0.25, 0.3) is 11.0 Å². The van der Waals surface area contributed by atoms with E-state index in [1.807, 2.05) is 24.3 Å². The minimum atomic E-state index is -0.152. The molecule has 1 saturated heterocycles. The maximum atomic E-state index is 12.2. The van der Waals surface area contributed by atoms with Gasteiger partial charge in [0.05, 0.1) is 27.0 Å². The summed E-state index contributed by atoms with van der Waals surface area (Å²) >= 11 is 11.8. The number of nitrogens with zero attached hydrogens (tertiary/aromatic N) is 2. The highest BCUT2D eigenvalue weighted by Crippen LogP contribution is 2.28. The van der Waals surface area contributed by atoms with Gasteiger partial charge in [-0.2, -0.15) is 0 Å². The molecule has 1 aliphatic heterocycles. The summed E-state index contributed by atoms with van der Waals surface area (Å²) in [5, 5.41) is 3.70. The lowest BCUT2D eigenvalue weighted by atomic mass is 10.0. The van der Waals surface area contributed by atoms with E-state index < -0.39 is 0 Å². The summed E-state index contributed by atoms with van der Waals surface area (Å²) in [6.45, 7) is 1.26. The quantitative estimate of drug-likeness (QED) is 0.706. The standard InChI is InChI=1S/C17H14Cl2N4O/c18-12-6-5-11(7-13(12)19)20-17(24)23-8-10(9-23)16-21-14-3-1-2-4-15(14)22-16/h1-7,10H,8-9H2,(H,20,24)(H,21,22). The third-order valence-electron chi connectivity index (χ3n) is 4.13. The second-order valence-corrected chi connectivity index (χ2v) is 6.61. The first kappa shape index (κ1) is 15.3. The third-order valence-corrected chi connectivity index (χ3v) is 4.87. The number of H-pyrrole nitrogens is 1. The van der Waals surface area contributed by atoms with Crippen LogP contribution in [0.15, 0.2) is 42.5 Å². The first-order valence-corrected chi connectivity index (χ1v) is 8.31. The van der Waals surface area contributed by atoms with Gasteiger partial charge in [0.25, 0.3) is 0 Å². The number of urea groups is 1. The van der Waals surface area contributed by atoms with E-state index in [-0.39, 0.29) is 11.9 Å². The van der Waals surface area contributed by atoms with Crippen molar-refractivity contribution >= 4 is 46.0 Å². The van der Waals surface area contributed by atoms with Crippen molar-refractivity contribution in [3.63, 3.8) is 0 Å². The molecule has 0 aliphatic carbocycles. The summed E-state index contributed by atoms with van der Waals surface area (Å²) < 4.78 is 0. The van der Waals surface area contributed by atoms with E-state index in [1.165, 1.54) is 0 Å². The van der Waals surface area contributed by atoms with Crippen molar-refractivity contribution < 1.29 is 4.79 Å². The Kier molecular flexibility index (Phi) is 3.82. The Balaban J connectivity index is 1.39. The maximum Gasteiger partial charge on any atom is 0.321 e. The highest BCUT2D eigenvalue weighted by molar-refractivity contribution is 6.42. The molecule has 3 aromatic rings. The van der Waals surface area contributed by atoms with Gasteiger partial charge >= 0.3 is 6.03 Å². The van der Waals surface area contributed by atoms with Crippen molar-refractivity contribution in [3.05, 3.63) is 58.3 Å². The number of rotatable bonds is 2. The SMILES string of the molecule is O=C(Nc1ccc(Cl)c(Cl)c1)N1CC(c2nc3ccccc3[nH]2)C1. The topological polar surface area (TPSA) is 61.0 Å². The Morgan fingerprint density at radius 2 is 1.96 bits per heavy atom. The molecule has 0 spiro atoms. The van der Waals surface area contributed by atoms with E-state index in [1.54, 1.807) is 23.1 Å². The summed E-state index contributed by atoms with van der Waals surface area (Å²) in [6, 6.07) is 12.8. The highest BCUT2D eigenvalue weighted by atomic mass is 35.5. The Labute approximate surface area is 148 Å². The molecule has 5 nitrogen and oxygen atoms in total. The molecule has 0 saturated carbocycles. The fourth-order valence-electron chi connectivity index (χ4n) is 2.76. The molecular formula is C17H14Cl2N4O. The number of fused-ring (bicyclic) bond motifs is 1. The number of aromatic amines is 1. The summed E-state index contributed by atoms with van der Waals surface area (Å²) in [5.41, 5.74) is 2.60. The van der Waals surface area contributed by atoms with E-state index in [0.29, 0.717) is 28.8 Å². The van der Waals surface area contributed by atoms with Crippen LogP contribution < -0.4 is 5.32 Å². The second-order valence-electron chi connectivity index (χ2n) is 5.80. The molecule has 7 heteroatoms. The number of imidazole rings is 1. The molecule has 0 bridgehead atoms. The monoisotopic (exact) mass is 360 g/mol. The van der Waals surface area contributed by atoms with E-state index in [0.717, 1.165) is 16.9 Å². The van der Waals surface area contributed by atoms with Crippen LogP contribution in [-0.2, 0) is 0 Å². The van der Waals surface area contributed by atoms with Crippen molar-refractivity contribution in [2.24, 2.45) is 0 Å². The highest BCUT2D eigenvalue weighted by Gasteiger charge is 2.33. The molecule has 2 heterocycles. The van der Waals surface area contributed by atoms with Crippen LogP contribution in [0.2, 0.25) is 10.0 Å². The van der Waals surface area contributed by atoms with Crippen LogP contribution in [0.5, 0.6) is 0 Å². The lowest BCUT2D eigenvalue weighted by Crippen LogP contribution is -2.50. The van der Waals surface area contributed by atoms with Gasteiger partial charge in [0, 0.05) is 18.8 Å². The minimum absolute atomic E-state index is 0.152. The fraction of sp³-hybridized carbons (Fsp3) is 0.176. The van der Waals surface area contributed by atoms with Crippen molar-refractivity contribution in [1.82, 2.24) is 14.9 Å². The number of benzene rings is 2. The number of likely N-dealkylation sites (tertiary alicyclic amines) is 1. The molecule has 1 fully saturated rings. The summed E-state index contributed by atoms with van der Waals surface area (Å²) in [5.74, 6) is 1.16. The smallest absolute Gasteiger partial charge is 0.321 e. The number of hydrogen-bond acceptors (Lipinski definition) is 2. The van der Waals surface area contributed by atoms with Gasteiger partial charge in [-0.15, -0.1) is 0 Å². The molecule has 1 aliphatic rings. The normalized spacial score (nSPS) is 14.7. The van der Waals surface area contributed by atoms with Gasteiger partial charge in [0.1, 0.15) is 5.82 Å². The molecule has 2 N–H and O–H groups in total. The van der Waals surface area contributed by atoms with Crippen LogP contribution in [0.4, 0.5) is 10.5 Å². The lowest BCUT2D eigenvalue weighted by molar-refractivity contribution is 0.161. The van der Waals surface area contributed by atoms with Crippen molar-refractivity contribution in [1.29, 1.82) is 0 Å². The number of aromatic nitrogens is 2. The molecule has 24 heavy (non-hydrogen) atoms. The number of hydrogen-bond donors (Lipinski definition) is 2. The Morgan fingerprint density at radius 1 is 1.17 bits per heavy atom. The van der Waals surface area contributed by atoms with Gasteiger partial charge in [-0.25, -0.2) is 9.78 Å². The third kappa shape index (κ3) is 2.81. The molecule has 0 atom stereocenters. The van der Waals surface area contributed by atoms with Crippen LogP contribution in [-0.4, -0.2) is 34.0 Å². The average Bonchev–Trinajstić information content (AvgIpc) is 2.93. The lowest BCUT2D eigenvalue weighted by Gasteiger charge is -2.38. The summed E-state index contributed by atoms with van der Waals surface area (Å²) in [6.07, 6.45) is 0. The van der Waals surface area contributed by atoms with Gasteiger partial charge in [0.15, 0.2) is 0 Å². The first-order valence-electron chi connectivity index (χ1n) is 7.56. The van der Waals surface area contributed by atoms with E-state index in [4.69, 9.17) is 23.2 Å². The molecule has 4 rings (SSSR count). The largest absolute Gasteiger partial charge is 0.342 e. The number of nitrogens with one attached hydrogen (secondary N) is 2. The molecule has 1 aromatic heterocycles.